The van der Waals surface area contributed by atoms with Gasteiger partial charge in [0.25, 0.3) is 0 Å². The van der Waals surface area contributed by atoms with Crippen LogP contribution in [-0.4, -0.2) is 28.6 Å². The highest BCUT2D eigenvalue weighted by atomic mass is 35.5. The summed E-state index contributed by atoms with van der Waals surface area (Å²) in [5.74, 6) is 1.27. The predicted molar refractivity (Wildman–Crippen MR) is 61.2 cm³/mol. The predicted octanol–water partition coefficient (Wildman–Crippen LogP) is 2.43. The smallest absolute Gasteiger partial charge is 0.131 e. The first kappa shape index (κ1) is 8.86. The number of fused-ring (bicyclic) bond motifs is 2. The van der Waals surface area contributed by atoms with Gasteiger partial charge in [0, 0.05) is 35.5 Å². The maximum Gasteiger partial charge on any atom is 0.131 e. The van der Waals surface area contributed by atoms with E-state index in [1.165, 1.54) is 24.4 Å². The number of rotatable bonds is 1. The van der Waals surface area contributed by atoms with E-state index in [4.69, 9.17) is 11.6 Å². The summed E-state index contributed by atoms with van der Waals surface area (Å²) in [6.07, 6.45) is 3.13. The molecule has 0 saturated carbocycles. The van der Waals surface area contributed by atoms with Crippen molar-refractivity contribution in [3.05, 3.63) is 23.5 Å². The van der Waals surface area contributed by atoms with Gasteiger partial charge >= 0.3 is 0 Å². The van der Waals surface area contributed by atoms with E-state index in [0.29, 0.717) is 5.15 Å². The van der Waals surface area contributed by atoms with Crippen molar-refractivity contribution in [1.29, 1.82) is 0 Å². The van der Waals surface area contributed by atoms with E-state index < -0.39 is 0 Å². The van der Waals surface area contributed by atoms with Gasteiger partial charge in [0.1, 0.15) is 5.15 Å². The monoisotopic (exact) mass is 226 g/mol. The standard InChI is InChI=1S/C10H11ClN2S/c11-10-4-7(1-2-12-10)13-5-9-3-8(13)6-14-9/h1-2,4,8-9H,3,5-6H2. The SMILES string of the molecule is Clc1cc(N2CC3CC2CS3)ccn1. The number of aromatic nitrogens is 1. The Kier molecular flexibility index (Phi) is 2.10. The molecule has 14 heavy (non-hydrogen) atoms. The molecule has 2 unspecified atom stereocenters. The highest BCUT2D eigenvalue weighted by Crippen LogP contribution is 2.40. The molecule has 1 aromatic rings. The molecule has 0 radical (unpaired) electrons. The van der Waals surface area contributed by atoms with E-state index in [9.17, 15) is 0 Å². The minimum atomic E-state index is 0.595. The normalized spacial score (nSPS) is 29.9. The molecule has 0 aliphatic carbocycles. The van der Waals surface area contributed by atoms with Gasteiger partial charge in [-0.15, -0.1) is 0 Å². The summed E-state index contributed by atoms with van der Waals surface area (Å²) in [4.78, 5) is 6.47. The molecule has 74 valence electrons. The molecule has 2 aliphatic heterocycles. The van der Waals surface area contributed by atoms with E-state index >= 15 is 0 Å². The van der Waals surface area contributed by atoms with Gasteiger partial charge < -0.3 is 4.90 Å². The lowest BCUT2D eigenvalue weighted by molar-refractivity contribution is 0.762. The molecule has 3 heterocycles. The largest absolute Gasteiger partial charge is 0.366 e. The van der Waals surface area contributed by atoms with Gasteiger partial charge in [0.15, 0.2) is 0 Å². The highest BCUT2D eigenvalue weighted by Gasteiger charge is 2.38. The van der Waals surface area contributed by atoms with Crippen LogP contribution in [0.2, 0.25) is 5.15 Å². The molecule has 2 fully saturated rings. The van der Waals surface area contributed by atoms with Crippen LogP contribution in [0.5, 0.6) is 0 Å². The third-order valence-corrected chi connectivity index (χ3v) is 4.54. The van der Waals surface area contributed by atoms with Gasteiger partial charge in [0.2, 0.25) is 0 Å². The second-order valence-electron chi connectivity index (χ2n) is 3.83. The van der Waals surface area contributed by atoms with Crippen molar-refractivity contribution in [3.63, 3.8) is 0 Å². The zero-order valence-corrected chi connectivity index (χ0v) is 9.26. The van der Waals surface area contributed by atoms with E-state index in [2.05, 4.69) is 27.7 Å². The maximum absolute atomic E-state index is 5.88. The Labute approximate surface area is 92.7 Å². The number of nitrogens with zero attached hydrogens (tertiary/aromatic N) is 2. The molecule has 2 atom stereocenters. The first-order valence-corrected chi connectivity index (χ1v) is 6.25. The van der Waals surface area contributed by atoms with Crippen LogP contribution < -0.4 is 4.90 Å². The lowest BCUT2D eigenvalue weighted by Crippen LogP contribution is -2.33. The molecular formula is C10H11ClN2S. The summed E-state index contributed by atoms with van der Waals surface area (Å²) in [5.41, 5.74) is 1.23. The van der Waals surface area contributed by atoms with Crippen LogP contribution in [0.25, 0.3) is 0 Å². The molecule has 0 spiro atoms. The van der Waals surface area contributed by atoms with Crippen molar-refractivity contribution >= 4 is 29.1 Å². The maximum atomic E-state index is 5.88. The van der Waals surface area contributed by atoms with Crippen LogP contribution in [0.1, 0.15) is 6.42 Å². The van der Waals surface area contributed by atoms with Crippen LogP contribution >= 0.6 is 23.4 Å². The second kappa shape index (κ2) is 3.31. The van der Waals surface area contributed by atoms with Crippen LogP contribution in [0.4, 0.5) is 5.69 Å². The van der Waals surface area contributed by atoms with E-state index in [0.717, 1.165) is 11.3 Å². The number of pyridine rings is 1. The fraction of sp³-hybridized carbons (Fsp3) is 0.500. The minimum Gasteiger partial charge on any atom is -0.366 e. The summed E-state index contributed by atoms with van der Waals surface area (Å²) in [6.45, 7) is 1.18. The molecule has 0 aromatic carbocycles. The molecule has 4 heteroatoms. The summed E-state index contributed by atoms with van der Waals surface area (Å²) in [6, 6.07) is 4.74. The molecule has 0 N–H and O–H groups in total. The number of anilines is 1. The first-order chi connectivity index (χ1) is 6.83. The third kappa shape index (κ3) is 1.39. The van der Waals surface area contributed by atoms with Crippen LogP contribution in [0.15, 0.2) is 18.3 Å². The van der Waals surface area contributed by atoms with Gasteiger partial charge in [-0.05, 0) is 18.6 Å². The average molecular weight is 227 g/mol. The Morgan fingerprint density at radius 2 is 2.50 bits per heavy atom. The van der Waals surface area contributed by atoms with Crippen molar-refractivity contribution < 1.29 is 0 Å². The zero-order chi connectivity index (χ0) is 9.54. The molecule has 2 aliphatic rings. The minimum absolute atomic E-state index is 0.595. The molecule has 0 amide bonds. The number of thioether (sulfide) groups is 1. The molecule has 2 bridgehead atoms. The van der Waals surface area contributed by atoms with Crippen molar-refractivity contribution in [2.24, 2.45) is 0 Å². The number of hydrogen-bond acceptors (Lipinski definition) is 3. The lowest BCUT2D eigenvalue weighted by Gasteiger charge is -2.28. The van der Waals surface area contributed by atoms with Crippen molar-refractivity contribution in [3.8, 4) is 0 Å². The molecular weight excluding hydrogens is 216 g/mol. The fourth-order valence-electron chi connectivity index (χ4n) is 2.29. The third-order valence-electron chi connectivity index (χ3n) is 2.94. The highest BCUT2D eigenvalue weighted by molar-refractivity contribution is 8.00. The van der Waals surface area contributed by atoms with Gasteiger partial charge in [-0.1, -0.05) is 11.6 Å². The van der Waals surface area contributed by atoms with Crippen LogP contribution in [-0.2, 0) is 0 Å². The second-order valence-corrected chi connectivity index (χ2v) is 5.55. The van der Waals surface area contributed by atoms with Gasteiger partial charge in [-0.3, -0.25) is 0 Å². The van der Waals surface area contributed by atoms with Gasteiger partial charge in [0.05, 0.1) is 0 Å². The first-order valence-electron chi connectivity index (χ1n) is 4.83. The van der Waals surface area contributed by atoms with Crippen molar-refractivity contribution in [2.75, 3.05) is 17.2 Å². The Hall–Kier alpha value is -0.410. The van der Waals surface area contributed by atoms with Crippen molar-refractivity contribution in [2.45, 2.75) is 17.7 Å². The number of halogens is 1. The fourth-order valence-corrected chi connectivity index (χ4v) is 3.89. The summed E-state index contributed by atoms with van der Waals surface area (Å²) < 4.78 is 0. The Morgan fingerprint density at radius 3 is 3.14 bits per heavy atom. The number of hydrogen-bond donors (Lipinski definition) is 0. The molecule has 2 nitrogen and oxygen atoms in total. The average Bonchev–Trinajstić information content (AvgIpc) is 2.78. The molecule has 1 aromatic heterocycles. The topological polar surface area (TPSA) is 16.1 Å². The van der Waals surface area contributed by atoms with Crippen LogP contribution in [0, 0.1) is 0 Å². The van der Waals surface area contributed by atoms with Gasteiger partial charge in [-0.2, -0.15) is 11.8 Å². The van der Waals surface area contributed by atoms with Gasteiger partial charge in [-0.25, -0.2) is 4.98 Å². The molecule has 2 saturated heterocycles. The summed E-state index contributed by atoms with van der Waals surface area (Å²) >= 11 is 7.99. The zero-order valence-electron chi connectivity index (χ0n) is 7.69. The quantitative estimate of drug-likeness (QED) is 0.685. The lowest BCUT2D eigenvalue weighted by atomic mass is 10.2. The van der Waals surface area contributed by atoms with Crippen molar-refractivity contribution in [1.82, 2.24) is 4.98 Å². The van der Waals surface area contributed by atoms with E-state index in [1.54, 1.807) is 6.20 Å². The Morgan fingerprint density at radius 1 is 1.57 bits per heavy atom. The van der Waals surface area contributed by atoms with E-state index in [-0.39, 0.29) is 0 Å². The van der Waals surface area contributed by atoms with E-state index in [1.807, 2.05) is 6.07 Å². The molecule has 3 rings (SSSR count). The summed E-state index contributed by atoms with van der Waals surface area (Å²) in [5, 5.41) is 1.44. The van der Waals surface area contributed by atoms with Crippen LogP contribution in [0.3, 0.4) is 0 Å². The Bertz CT molecular complexity index is 358. The summed E-state index contributed by atoms with van der Waals surface area (Å²) in [7, 11) is 0. The Balaban J connectivity index is 1.89.